The van der Waals surface area contributed by atoms with Crippen molar-refractivity contribution in [3.8, 4) is 0 Å². The van der Waals surface area contributed by atoms with Crippen molar-refractivity contribution in [2.24, 2.45) is 0 Å². The summed E-state index contributed by atoms with van der Waals surface area (Å²) in [5.74, 6) is -2.15. The molecule has 0 saturated carbocycles. The van der Waals surface area contributed by atoms with E-state index in [1.807, 2.05) is 0 Å². The van der Waals surface area contributed by atoms with Crippen LogP contribution in [0.1, 0.15) is 0 Å². The smallest absolute Gasteiger partial charge is 0.254 e. The zero-order chi connectivity index (χ0) is 12.5. The van der Waals surface area contributed by atoms with E-state index in [1.165, 1.54) is 0 Å². The molecule has 0 bridgehead atoms. The zero-order valence-corrected chi connectivity index (χ0v) is 11.2. The Morgan fingerprint density at radius 3 is 2.44 bits per heavy atom. The van der Waals surface area contributed by atoms with Crippen LogP contribution in [-0.4, -0.2) is 16.1 Å². The van der Waals surface area contributed by atoms with Gasteiger partial charge in [-0.05, 0) is 34.7 Å². The SMILES string of the molecule is O=S(CC(F)(F)F)c1cc(I)c(F)cc1Cl. The normalized spacial score (nSPS) is 13.9. The van der Waals surface area contributed by atoms with Gasteiger partial charge in [-0.2, -0.15) is 13.2 Å². The Bertz CT molecular complexity index is 435. The van der Waals surface area contributed by atoms with Crippen molar-refractivity contribution >= 4 is 45.0 Å². The van der Waals surface area contributed by atoms with Crippen molar-refractivity contribution in [1.29, 1.82) is 0 Å². The minimum atomic E-state index is -4.55. The Hall–Kier alpha value is 0.110. The summed E-state index contributed by atoms with van der Waals surface area (Å²) in [6.07, 6.45) is -4.55. The van der Waals surface area contributed by atoms with Crippen LogP contribution >= 0.6 is 34.2 Å². The molecule has 0 N–H and O–H groups in total. The Kier molecular flexibility index (Phi) is 4.58. The predicted octanol–water partition coefficient (Wildman–Crippen LogP) is 3.75. The lowest BCUT2D eigenvalue weighted by molar-refractivity contribution is -0.105. The first-order valence-corrected chi connectivity index (χ1v) is 6.58. The summed E-state index contributed by atoms with van der Waals surface area (Å²) < 4.78 is 60.3. The van der Waals surface area contributed by atoms with Crippen LogP contribution in [0.4, 0.5) is 17.6 Å². The van der Waals surface area contributed by atoms with Gasteiger partial charge in [-0.25, -0.2) is 4.39 Å². The molecule has 0 aliphatic heterocycles. The standard InChI is InChI=1S/C8H4ClF4IOS/c9-4-1-5(10)6(14)2-7(4)16(15)3-8(11,12)13/h1-2H,3H2. The number of hydrogen-bond acceptors (Lipinski definition) is 1. The molecule has 1 aromatic rings. The maximum absolute atomic E-state index is 12.9. The fourth-order valence-corrected chi connectivity index (χ4v) is 2.97. The van der Waals surface area contributed by atoms with Crippen LogP contribution in [0.25, 0.3) is 0 Å². The maximum atomic E-state index is 12.9. The van der Waals surface area contributed by atoms with Gasteiger partial charge >= 0.3 is 6.18 Å². The van der Waals surface area contributed by atoms with Crippen LogP contribution in [0.3, 0.4) is 0 Å². The molecule has 0 saturated heterocycles. The third-order valence-electron chi connectivity index (χ3n) is 1.51. The number of hydrogen-bond donors (Lipinski definition) is 0. The Balaban J connectivity index is 3.05. The minimum absolute atomic E-state index is 0.0764. The summed E-state index contributed by atoms with van der Waals surface area (Å²) in [6.45, 7) is 0. The summed E-state index contributed by atoms with van der Waals surface area (Å²) >= 11 is 7.11. The molecule has 1 rings (SSSR count). The maximum Gasteiger partial charge on any atom is 0.400 e. The first kappa shape index (κ1) is 14.2. The molecule has 0 heterocycles. The van der Waals surface area contributed by atoms with Gasteiger partial charge in [0.25, 0.3) is 0 Å². The van der Waals surface area contributed by atoms with Gasteiger partial charge in [0.1, 0.15) is 11.6 Å². The molecule has 1 nitrogen and oxygen atoms in total. The van der Waals surface area contributed by atoms with Crippen molar-refractivity contribution in [2.45, 2.75) is 11.1 Å². The predicted molar refractivity (Wildman–Crippen MR) is 61.5 cm³/mol. The highest BCUT2D eigenvalue weighted by Crippen LogP contribution is 2.27. The van der Waals surface area contributed by atoms with Gasteiger partial charge in [0, 0.05) is 0 Å². The highest BCUT2D eigenvalue weighted by Gasteiger charge is 2.32. The summed E-state index contributed by atoms with van der Waals surface area (Å²) in [6, 6.07) is 1.91. The largest absolute Gasteiger partial charge is 0.400 e. The van der Waals surface area contributed by atoms with Crippen molar-refractivity contribution in [1.82, 2.24) is 0 Å². The van der Waals surface area contributed by atoms with E-state index in [0.717, 1.165) is 12.1 Å². The molecule has 0 radical (unpaired) electrons. The number of alkyl halides is 3. The lowest BCUT2D eigenvalue weighted by atomic mass is 10.3. The third kappa shape index (κ3) is 3.85. The molecule has 16 heavy (non-hydrogen) atoms. The summed E-state index contributed by atoms with van der Waals surface area (Å²) in [5, 5.41) is -0.263. The lowest BCUT2D eigenvalue weighted by Gasteiger charge is -2.08. The molecule has 0 aliphatic rings. The quantitative estimate of drug-likeness (QED) is 0.430. The minimum Gasteiger partial charge on any atom is -0.254 e. The Morgan fingerprint density at radius 2 is 1.94 bits per heavy atom. The van der Waals surface area contributed by atoms with Crippen LogP contribution in [0.15, 0.2) is 17.0 Å². The van der Waals surface area contributed by atoms with E-state index >= 15 is 0 Å². The fraction of sp³-hybridized carbons (Fsp3) is 0.250. The number of benzene rings is 1. The third-order valence-corrected chi connectivity index (χ3v) is 4.18. The highest BCUT2D eigenvalue weighted by molar-refractivity contribution is 14.1. The monoisotopic (exact) mass is 386 g/mol. The van der Waals surface area contributed by atoms with Gasteiger partial charge in [0.05, 0.1) is 24.3 Å². The van der Waals surface area contributed by atoms with Gasteiger partial charge in [0.2, 0.25) is 0 Å². The molecular formula is C8H4ClF4IOS. The van der Waals surface area contributed by atoms with Crippen molar-refractivity contribution < 1.29 is 21.8 Å². The first-order valence-electron chi connectivity index (χ1n) is 3.80. The van der Waals surface area contributed by atoms with Gasteiger partial charge in [-0.15, -0.1) is 0 Å². The van der Waals surface area contributed by atoms with Crippen LogP contribution in [0, 0.1) is 9.39 Å². The van der Waals surface area contributed by atoms with E-state index in [9.17, 15) is 21.8 Å². The zero-order valence-electron chi connectivity index (χ0n) is 7.45. The molecule has 0 aromatic heterocycles. The molecule has 0 amide bonds. The molecule has 1 aromatic carbocycles. The van der Waals surface area contributed by atoms with Crippen LogP contribution in [0.2, 0.25) is 5.02 Å². The second-order valence-corrected chi connectivity index (χ2v) is 5.79. The van der Waals surface area contributed by atoms with Crippen LogP contribution in [-0.2, 0) is 10.8 Å². The number of halogens is 6. The topological polar surface area (TPSA) is 17.1 Å². The van der Waals surface area contributed by atoms with Gasteiger partial charge in [-0.1, -0.05) is 11.6 Å². The van der Waals surface area contributed by atoms with Gasteiger partial charge in [0.15, 0.2) is 0 Å². The van der Waals surface area contributed by atoms with Crippen molar-refractivity contribution in [2.75, 3.05) is 5.75 Å². The highest BCUT2D eigenvalue weighted by atomic mass is 127. The van der Waals surface area contributed by atoms with E-state index in [2.05, 4.69) is 0 Å². The summed E-state index contributed by atoms with van der Waals surface area (Å²) in [7, 11) is -2.31. The van der Waals surface area contributed by atoms with E-state index in [1.54, 1.807) is 22.6 Å². The van der Waals surface area contributed by atoms with Crippen LogP contribution < -0.4 is 0 Å². The van der Waals surface area contributed by atoms with E-state index in [4.69, 9.17) is 11.6 Å². The van der Waals surface area contributed by atoms with Gasteiger partial charge in [-0.3, -0.25) is 4.21 Å². The molecule has 0 spiro atoms. The fourth-order valence-electron chi connectivity index (χ4n) is 0.905. The second-order valence-electron chi connectivity index (χ2n) is 2.80. The second kappa shape index (κ2) is 5.18. The first-order chi connectivity index (χ1) is 7.20. The van der Waals surface area contributed by atoms with E-state index in [-0.39, 0.29) is 13.5 Å². The molecule has 90 valence electrons. The van der Waals surface area contributed by atoms with Crippen molar-refractivity contribution in [3.63, 3.8) is 0 Å². The summed E-state index contributed by atoms with van der Waals surface area (Å²) in [4.78, 5) is -0.204. The average Bonchev–Trinajstić information content (AvgIpc) is 2.08. The lowest BCUT2D eigenvalue weighted by Crippen LogP contribution is -2.18. The Morgan fingerprint density at radius 1 is 1.38 bits per heavy atom. The number of rotatable bonds is 2. The molecule has 8 heteroatoms. The summed E-state index contributed by atoms with van der Waals surface area (Å²) in [5.41, 5.74) is 0. The molecule has 1 atom stereocenters. The average molecular weight is 387 g/mol. The Labute approximate surface area is 110 Å². The molecule has 0 aliphatic carbocycles. The van der Waals surface area contributed by atoms with Gasteiger partial charge < -0.3 is 0 Å². The van der Waals surface area contributed by atoms with E-state index < -0.39 is 28.5 Å². The molecule has 1 unspecified atom stereocenters. The van der Waals surface area contributed by atoms with Crippen LogP contribution in [0.5, 0.6) is 0 Å². The van der Waals surface area contributed by atoms with Crippen molar-refractivity contribution in [3.05, 3.63) is 26.5 Å². The van der Waals surface area contributed by atoms with E-state index in [0.29, 0.717) is 0 Å². The molecule has 0 fully saturated rings. The molecular weight excluding hydrogens is 383 g/mol.